The normalized spacial score (nSPS) is 10.5. The first-order valence-electron chi connectivity index (χ1n) is 6.08. The molecular weight excluding hydrogens is 244 g/mol. The second kappa shape index (κ2) is 5.09. The van der Waals surface area contributed by atoms with Crippen LogP contribution in [0.15, 0.2) is 17.1 Å². The van der Waals surface area contributed by atoms with Gasteiger partial charge in [-0.3, -0.25) is 14.7 Å². The van der Waals surface area contributed by atoms with Gasteiger partial charge in [-0.15, -0.1) is 0 Å². The summed E-state index contributed by atoms with van der Waals surface area (Å²) in [6, 6.07) is 1.69. The molecule has 0 spiro atoms. The summed E-state index contributed by atoms with van der Waals surface area (Å²) in [6.45, 7) is 5.59. The number of anilines is 1. The average Bonchev–Trinajstić information content (AvgIpc) is 2.70. The van der Waals surface area contributed by atoms with Crippen molar-refractivity contribution in [2.75, 3.05) is 5.32 Å². The zero-order chi connectivity index (χ0) is 14.0. The Labute approximate surface area is 110 Å². The average molecular weight is 260 g/mol. The SMILES string of the molecule is CCc1[nH]nc(NC(=O)c2c(C)cc[nH]c2=O)c1C. The third-order valence-corrected chi connectivity index (χ3v) is 3.09. The largest absolute Gasteiger partial charge is 0.328 e. The Bertz CT molecular complexity index is 670. The molecule has 100 valence electrons. The maximum absolute atomic E-state index is 12.1. The van der Waals surface area contributed by atoms with Gasteiger partial charge in [0.1, 0.15) is 5.56 Å². The minimum atomic E-state index is -0.448. The molecule has 0 aliphatic rings. The van der Waals surface area contributed by atoms with Crippen molar-refractivity contribution in [1.82, 2.24) is 15.2 Å². The molecule has 2 aromatic rings. The van der Waals surface area contributed by atoms with Crippen LogP contribution >= 0.6 is 0 Å². The summed E-state index contributed by atoms with van der Waals surface area (Å²) >= 11 is 0. The second-order valence-electron chi connectivity index (χ2n) is 4.35. The summed E-state index contributed by atoms with van der Waals surface area (Å²) in [5.41, 5.74) is 2.20. The van der Waals surface area contributed by atoms with Crippen LogP contribution in [-0.4, -0.2) is 21.1 Å². The van der Waals surface area contributed by atoms with E-state index in [1.807, 2.05) is 13.8 Å². The van der Waals surface area contributed by atoms with E-state index in [1.54, 1.807) is 13.0 Å². The number of H-pyrrole nitrogens is 2. The highest BCUT2D eigenvalue weighted by Gasteiger charge is 2.16. The second-order valence-corrected chi connectivity index (χ2v) is 4.35. The van der Waals surface area contributed by atoms with E-state index in [4.69, 9.17) is 0 Å². The molecule has 2 rings (SSSR count). The van der Waals surface area contributed by atoms with Gasteiger partial charge in [0.05, 0.1) is 0 Å². The van der Waals surface area contributed by atoms with Crippen LogP contribution in [0, 0.1) is 13.8 Å². The first kappa shape index (κ1) is 13.1. The Hall–Kier alpha value is -2.37. The van der Waals surface area contributed by atoms with Crippen LogP contribution in [-0.2, 0) is 6.42 Å². The van der Waals surface area contributed by atoms with E-state index in [0.29, 0.717) is 11.4 Å². The van der Waals surface area contributed by atoms with Gasteiger partial charge in [-0.25, -0.2) is 0 Å². The highest BCUT2D eigenvalue weighted by molar-refractivity contribution is 6.04. The van der Waals surface area contributed by atoms with Gasteiger partial charge in [0.25, 0.3) is 11.5 Å². The van der Waals surface area contributed by atoms with E-state index in [-0.39, 0.29) is 5.56 Å². The minimum absolute atomic E-state index is 0.114. The zero-order valence-electron chi connectivity index (χ0n) is 11.1. The number of nitrogens with one attached hydrogen (secondary N) is 3. The van der Waals surface area contributed by atoms with Crippen LogP contribution in [0.5, 0.6) is 0 Å². The number of carbonyl (C=O) groups excluding carboxylic acids is 1. The molecule has 3 N–H and O–H groups in total. The summed E-state index contributed by atoms with van der Waals surface area (Å²) < 4.78 is 0. The zero-order valence-corrected chi connectivity index (χ0v) is 11.1. The highest BCUT2D eigenvalue weighted by Crippen LogP contribution is 2.16. The standard InChI is InChI=1S/C13H16N4O2/c1-4-9-8(3)11(17-16-9)15-13(19)10-7(2)5-6-14-12(10)18/h5-6H,4H2,1-3H3,(H,14,18)(H2,15,16,17,19). The van der Waals surface area contributed by atoms with Crippen LogP contribution in [0.2, 0.25) is 0 Å². The summed E-state index contributed by atoms with van der Waals surface area (Å²) in [5, 5.41) is 9.56. The molecule has 19 heavy (non-hydrogen) atoms. The maximum atomic E-state index is 12.1. The maximum Gasteiger partial charge on any atom is 0.262 e. The molecule has 6 nitrogen and oxygen atoms in total. The first-order chi connectivity index (χ1) is 9.04. The Kier molecular flexibility index (Phi) is 3.50. The van der Waals surface area contributed by atoms with Crippen molar-refractivity contribution in [3.63, 3.8) is 0 Å². The topological polar surface area (TPSA) is 90.6 Å². The van der Waals surface area contributed by atoms with Crippen LogP contribution in [0.1, 0.15) is 34.1 Å². The van der Waals surface area contributed by atoms with E-state index in [9.17, 15) is 9.59 Å². The van der Waals surface area contributed by atoms with Gasteiger partial charge >= 0.3 is 0 Å². The summed E-state index contributed by atoms with van der Waals surface area (Å²) in [6.07, 6.45) is 2.32. The predicted octanol–water partition coefficient (Wildman–Crippen LogP) is 1.53. The van der Waals surface area contributed by atoms with Crippen molar-refractivity contribution in [2.45, 2.75) is 27.2 Å². The number of hydrogen-bond acceptors (Lipinski definition) is 3. The third-order valence-electron chi connectivity index (χ3n) is 3.09. The lowest BCUT2D eigenvalue weighted by molar-refractivity contribution is 0.102. The number of aromatic nitrogens is 3. The van der Waals surface area contributed by atoms with Crippen molar-refractivity contribution < 1.29 is 4.79 Å². The van der Waals surface area contributed by atoms with Crippen molar-refractivity contribution >= 4 is 11.7 Å². The lowest BCUT2D eigenvalue weighted by atomic mass is 10.1. The van der Waals surface area contributed by atoms with Gasteiger partial charge in [0.15, 0.2) is 5.82 Å². The molecule has 2 aromatic heterocycles. The fourth-order valence-electron chi connectivity index (χ4n) is 1.93. The molecule has 0 aromatic carbocycles. The molecule has 6 heteroatoms. The fourth-order valence-corrected chi connectivity index (χ4v) is 1.93. The van der Waals surface area contributed by atoms with Gasteiger partial charge in [0.2, 0.25) is 0 Å². The number of aromatic amines is 2. The number of amides is 1. The van der Waals surface area contributed by atoms with Crippen LogP contribution in [0.25, 0.3) is 0 Å². The fraction of sp³-hybridized carbons (Fsp3) is 0.308. The van der Waals surface area contributed by atoms with Gasteiger partial charge in [-0.1, -0.05) is 6.92 Å². The number of nitrogens with zero attached hydrogens (tertiary/aromatic N) is 1. The van der Waals surface area contributed by atoms with Crippen molar-refractivity contribution in [3.8, 4) is 0 Å². The molecule has 0 aliphatic heterocycles. The molecule has 0 atom stereocenters. The molecule has 0 radical (unpaired) electrons. The Morgan fingerprint density at radius 1 is 1.42 bits per heavy atom. The van der Waals surface area contributed by atoms with Crippen molar-refractivity contribution in [3.05, 3.63) is 45.0 Å². The van der Waals surface area contributed by atoms with Crippen molar-refractivity contribution in [2.24, 2.45) is 0 Å². The summed E-state index contributed by atoms with van der Waals surface area (Å²) in [7, 11) is 0. The van der Waals surface area contributed by atoms with Gasteiger partial charge in [-0.2, -0.15) is 5.10 Å². The van der Waals surface area contributed by atoms with Crippen LogP contribution < -0.4 is 10.9 Å². The molecule has 1 amide bonds. The Morgan fingerprint density at radius 3 is 2.74 bits per heavy atom. The lowest BCUT2D eigenvalue weighted by Crippen LogP contribution is -2.24. The van der Waals surface area contributed by atoms with Crippen LogP contribution in [0.3, 0.4) is 0 Å². The summed E-state index contributed by atoms with van der Waals surface area (Å²) in [5.74, 6) is 0.0149. The molecule has 0 saturated heterocycles. The highest BCUT2D eigenvalue weighted by atomic mass is 16.2. The number of pyridine rings is 1. The third kappa shape index (κ3) is 2.42. The monoisotopic (exact) mass is 260 g/mol. The van der Waals surface area contributed by atoms with E-state index < -0.39 is 11.5 Å². The quantitative estimate of drug-likeness (QED) is 0.781. The van der Waals surface area contributed by atoms with E-state index in [0.717, 1.165) is 17.7 Å². The predicted molar refractivity (Wildman–Crippen MR) is 72.5 cm³/mol. The Morgan fingerprint density at radius 2 is 2.16 bits per heavy atom. The van der Waals surface area contributed by atoms with Crippen molar-refractivity contribution in [1.29, 1.82) is 0 Å². The summed E-state index contributed by atoms with van der Waals surface area (Å²) in [4.78, 5) is 26.3. The first-order valence-corrected chi connectivity index (χ1v) is 6.08. The van der Waals surface area contributed by atoms with E-state index >= 15 is 0 Å². The number of aryl methyl sites for hydroxylation is 2. The minimum Gasteiger partial charge on any atom is -0.328 e. The smallest absolute Gasteiger partial charge is 0.262 e. The Balaban J connectivity index is 2.31. The molecule has 0 bridgehead atoms. The molecule has 0 fully saturated rings. The molecule has 2 heterocycles. The lowest BCUT2D eigenvalue weighted by Gasteiger charge is -2.05. The molecule has 0 unspecified atom stereocenters. The molecule has 0 aliphatic carbocycles. The van der Waals surface area contributed by atoms with E-state index in [1.165, 1.54) is 6.20 Å². The molecule has 0 saturated carbocycles. The van der Waals surface area contributed by atoms with Gasteiger partial charge in [0, 0.05) is 17.5 Å². The van der Waals surface area contributed by atoms with E-state index in [2.05, 4.69) is 20.5 Å². The number of hydrogen-bond donors (Lipinski definition) is 3. The number of rotatable bonds is 3. The van der Waals surface area contributed by atoms with Gasteiger partial charge in [-0.05, 0) is 31.9 Å². The molecular formula is C13H16N4O2. The van der Waals surface area contributed by atoms with Gasteiger partial charge < -0.3 is 10.3 Å². The number of carbonyl (C=O) groups is 1. The van der Waals surface area contributed by atoms with Crippen LogP contribution in [0.4, 0.5) is 5.82 Å².